The quantitative estimate of drug-likeness (QED) is 0.748. The van der Waals surface area contributed by atoms with E-state index in [1.807, 2.05) is 0 Å². The summed E-state index contributed by atoms with van der Waals surface area (Å²) in [4.78, 5) is 25.9. The summed E-state index contributed by atoms with van der Waals surface area (Å²) in [6, 6.07) is 1.05. The molecule has 3 rings (SSSR count). The number of aromatic nitrogens is 1. The van der Waals surface area contributed by atoms with Crippen molar-refractivity contribution < 1.29 is 18.8 Å². The zero-order chi connectivity index (χ0) is 13.4. The predicted molar refractivity (Wildman–Crippen MR) is 64.2 cm³/mol. The number of likely N-dealkylation sites (tertiary alicyclic amines) is 1. The third-order valence-corrected chi connectivity index (χ3v) is 4.25. The standard InChI is InChI=1S/C13H16N2O4/c1-18-13(17)11-9-4-2-3-8(9)7-15(11)12(16)10-5-6-19-14-10/h5-6,8-9,11H,2-4,7H2,1H3/t8-,9-,11-/m0/s1. The van der Waals surface area contributed by atoms with Crippen LogP contribution in [0, 0.1) is 11.8 Å². The molecule has 0 bridgehead atoms. The average molecular weight is 264 g/mol. The van der Waals surface area contributed by atoms with Crippen LogP contribution in [-0.4, -0.2) is 41.6 Å². The average Bonchev–Trinajstić information content (AvgIpc) is 3.12. The van der Waals surface area contributed by atoms with E-state index in [2.05, 4.69) is 5.16 Å². The van der Waals surface area contributed by atoms with E-state index >= 15 is 0 Å². The van der Waals surface area contributed by atoms with Gasteiger partial charge in [0.25, 0.3) is 5.91 Å². The van der Waals surface area contributed by atoms with Crippen molar-refractivity contribution in [3.8, 4) is 0 Å². The zero-order valence-corrected chi connectivity index (χ0v) is 10.7. The summed E-state index contributed by atoms with van der Waals surface area (Å²) in [5.41, 5.74) is 0.244. The molecule has 2 fully saturated rings. The van der Waals surface area contributed by atoms with Gasteiger partial charge in [-0.1, -0.05) is 11.6 Å². The van der Waals surface area contributed by atoms with E-state index in [1.54, 1.807) is 4.90 Å². The van der Waals surface area contributed by atoms with Crippen LogP contribution in [0.5, 0.6) is 0 Å². The van der Waals surface area contributed by atoms with E-state index in [4.69, 9.17) is 9.26 Å². The summed E-state index contributed by atoms with van der Waals surface area (Å²) in [6.45, 7) is 0.607. The van der Waals surface area contributed by atoms with Gasteiger partial charge in [0, 0.05) is 12.6 Å². The molecule has 1 aromatic heterocycles. The van der Waals surface area contributed by atoms with Crippen LogP contribution in [0.25, 0.3) is 0 Å². The molecule has 3 atom stereocenters. The topological polar surface area (TPSA) is 72.6 Å². The lowest BCUT2D eigenvalue weighted by Crippen LogP contribution is -2.44. The first-order chi connectivity index (χ1) is 9.22. The Morgan fingerprint density at radius 1 is 1.47 bits per heavy atom. The molecule has 0 aromatic carbocycles. The number of hydrogen-bond acceptors (Lipinski definition) is 5. The van der Waals surface area contributed by atoms with Crippen molar-refractivity contribution in [2.75, 3.05) is 13.7 Å². The van der Waals surface area contributed by atoms with Crippen LogP contribution < -0.4 is 0 Å². The number of nitrogens with zero attached hydrogens (tertiary/aromatic N) is 2. The molecule has 2 heterocycles. The Bertz CT molecular complexity index is 485. The summed E-state index contributed by atoms with van der Waals surface area (Å²) in [5, 5.41) is 3.66. The zero-order valence-electron chi connectivity index (χ0n) is 10.7. The smallest absolute Gasteiger partial charge is 0.328 e. The van der Waals surface area contributed by atoms with Gasteiger partial charge in [-0.2, -0.15) is 0 Å². The number of rotatable bonds is 2. The van der Waals surface area contributed by atoms with Crippen LogP contribution in [0.1, 0.15) is 29.8 Å². The highest BCUT2D eigenvalue weighted by Crippen LogP contribution is 2.42. The molecule has 1 saturated heterocycles. The van der Waals surface area contributed by atoms with E-state index in [9.17, 15) is 9.59 Å². The summed E-state index contributed by atoms with van der Waals surface area (Å²) in [6.07, 6.45) is 4.53. The Balaban J connectivity index is 1.87. The van der Waals surface area contributed by atoms with E-state index in [1.165, 1.54) is 19.4 Å². The Morgan fingerprint density at radius 3 is 3.00 bits per heavy atom. The highest BCUT2D eigenvalue weighted by molar-refractivity contribution is 5.95. The van der Waals surface area contributed by atoms with Crippen molar-refractivity contribution in [2.45, 2.75) is 25.3 Å². The molecule has 1 aromatic rings. The monoisotopic (exact) mass is 264 g/mol. The number of hydrogen-bond donors (Lipinski definition) is 0. The maximum Gasteiger partial charge on any atom is 0.328 e. The molecular formula is C13H16N2O4. The molecule has 1 aliphatic heterocycles. The SMILES string of the molecule is COC(=O)[C@@H]1[C@H]2CCC[C@H]2CN1C(=O)c1ccon1. The highest BCUT2D eigenvalue weighted by Gasteiger charge is 2.50. The molecule has 1 amide bonds. The molecule has 0 N–H and O–H groups in total. The lowest BCUT2D eigenvalue weighted by molar-refractivity contribution is -0.146. The van der Waals surface area contributed by atoms with Gasteiger partial charge in [0.2, 0.25) is 0 Å². The third kappa shape index (κ3) is 1.91. The minimum Gasteiger partial charge on any atom is -0.467 e. The predicted octanol–water partition coefficient (Wildman–Crippen LogP) is 1.09. The molecule has 1 saturated carbocycles. The van der Waals surface area contributed by atoms with Gasteiger partial charge in [0.1, 0.15) is 12.3 Å². The lowest BCUT2D eigenvalue weighted by Gasteiger charge is -2.24. The largest absolute Gasteiger partial charge is 0.467 e. The molecule has 6 heteroatoms. The van der Waals surface area contributed by atoms with Gasteiger partial charge < -0.3 is 14.2 Å². The second-order valence-electron chi connectivity index (χ2n) is 5.17. The second kappa shape index (κ2) is 4.68. The van der Waals surface area contributed by atoms with Gasteiger partial charge in [-0.15, -0.1) is 0 Å². The number of amides is 1. The van der Waals surface area contributed by atoms with Crippen LogP contribution >= 0.6 is 0 Å². The van der Waals surface area contributed by atoms with Crippen molar-refractivity contribution in [1.29, 1.82) is 0 Å². The van der Waals surface area contributed by atoms with E-state index in [-0.39, 0.29) is 23.5 Å². The number of carbonyl (C=O) groups excluding carboxylic acids is 2. The number of esters is 1. The fourth-order valence-electron chi connectivity index (χ4n) is 3.41. The normalized spacial score (nSPS) is 29.3. The molecule has 0 unspecified atom stereocenters. The van der Waals surface area contributed by atoms with Crippen LogP contribution in [0.15, 0.2) is 16.9 Å². The van der Waals surface area contributed by atoms with Crippen LogP contribution in [0.2, 0.25) is 0 Å². The molecule has 0 spiro atoms. The van der Waals surface area contributed by atoms with Crippen LogP contribution in [0.4, 0.5) is 0 Å². The molecule has 0 radical (unpaired) electrons. The molecule has 6 nitrogen and oxygen atoms in total. The molecule has 1 aliphatic carbocycles. The number of carbonyl (C=O) groups is 2. The van der Waals surface area contributed by atoms with E-state index < -0.39 is 6.04 Å². The molecule has 19 heavy (non-hydrogen) atoms. The first-order valence-corrected chi connectivity index (χ1v) is 6.51. The third-order valence-electron chi connectivity index (χ3n) is 4.25. The highest BCUT2D eigenvalue weighted by atomic mass is 16.5. The van der Waals surface area contributed by atoms with Crippen molar-refractivity contribution in [3.63, 3.8) is 0 Å². The minimum absolute atomic E-state index is 0.225. The Labute approximate surface area is 110 Å². The van der Waals surface area contributed by atoms with Crippen molar-refractivity contribution in [3.05, 3.63) is 18.0 Å². The summed E-state index contributed by atoms with van der Waals surface area (Å²) >= 11 is 0. The fraction of sp³-hybridized carbons (Fsp3) is 0.615. The van der Waals surface area contributed by atoms with Crippen LogP contribution in [0.3, 0.4) is 0 Å². The number of ether oxygens (including phenoxy) is 1. The van der Waals surface area contributed by atoms with Crippen molar-refractivity contribution >= 4 is 11.9 Å². The first-order valence-electron chi connectivity index (χ1n) is 6.51. The number of methoxy groups -OCH3 is 1. The van der Waals surface area contributed by atoms with E-state index in [0.29, 0.717) is 12.5 Å². The fourth-order valence-corrected chi connectivity index (χ4v) is 3.41. The first kappa shape index (κ1) is 12.2. The van der Waals surface area contributed by atoms with Crippen LogP contribution in [-0.2, 0) is 9.53 Å². The van der Waals surface area contributed by atoms with Gasteiger partial charge >= 0.3 is 5.97 Å². The Kier molecular flexibility index (Phi) is 3.00. The summed E-state index contributed by atoms with van der Waals surface area (Å²) in [5.74, 6) is 0.0491. The lowest BCUT2D eigenvalue weighted by atomic mass is 9.94. The second-order valence-corrected chi connectivity index (χ2v) is 5.17. The maximum absolute atomic E-state index is 12.4. The number of fused-ring (bicyclic) bond motifs is 1. The maximum atomic E-state index is 12.4. The van der Waals surface area contributed by atoms with Gasteiger partial charge in [-0.05, 0) is 24.7 Å². The van der Waals surface area contributed by atoms with Gasteiger partial charge in [-0.3, -0.25) is 4.79 Å². The summed E-state index contributed by atoms with van der Waals surface area (Å²) in [7, 11) is 1.36. The Hall–Kier alpha value is -1.85. The van der Waals surface area contributed by atoms with Gasteiger partial charge in [0.15, 0.2) is 5.69 Å². The van der Waals surface area contributed by atoms with Crippen molar-refractivity contribution in [2.24, 2.45) is 11.8 Å². The van der Waals surface area contributed by atoms with Crippen molar-refractivity contribution in [1.82, 2.24) is 10.1 Å². The van der Waals surface area contributed by atoms with E-state index in [0.717, 1.165) is 19.3 Å². The van der Waals surface area contributed by atoms with Gasteiger partial charge in [-0.25, -0.2) is 4.79 Å². The summed E-state index contributed by atoms with van der Waals surface area (Å²) < 4.78 is 9.56. The van der Waals surface area contributed by atoms with Gasteiger partial charge in [0.05, 0.1) is 7.11 Å². The molecule has 102 valence electrons. The molecular weight excluding hydrogens is 248 g/mol. The Morgan fingerprint density at radius 2 is 2.32 bits per heavy atom. The minimum atomic E-state index is -0.471. The molecule has 2 aliphatic rings.